The number of anilines is 2. The summed E-state index contributed by atoms with van der Waals surface area (Å²) in [4.78, 5) is 4.41. The molecular formula is C16H22BrN3O. The third-order valence-corrected chi connectivity index (χ3v) is 3.80. The lowest BCUT2D eigenvalue weighted by Crippen LogP contribution is -2.07. The van der Waals surface area contributed by atoms with E-state index < -0.39 is 0 Å². The minimum absolute atomic E-state index is 0.770. The van der Waals surface area contributed by atoms with E-state index in [0.29, 0.717) is 0 Å². The summed E-state index contributed by atoms with van der Waals surface area (Å²) in [6.07, 6.45) is 4.81. The second kappa shape index (κ2) is 7.61. The molecule has 114 valence electrons. The predicted molar refractivity (Wildman–Crippen MR) is 90.2 cm³/mol. The highest BCUT2D eigenvalue weighted by molar-refractivity contribution is 9.10. The number of hydrogen-bond acceptors (Lipinski definition) is 3. The van der Waals surface area contributed by atoms with E-state index >= 15 is 0 Å². The quantitative estimate of drug-likeness (QED) is 0.749. The Morgan fingerprint density at radius 1 is 1.29 bits per heavy atom. The molecule has 0 atom stereocenters. The normalized spacial score (nSPS) is 10.9. The van der Waals surface area contributed by atoms with Crippen molar-refractivity contribution in [2.24, 2.45) is 0 Å². The highest BCUT2D eigenvalue weighted by atomic mass is 79.9. The van der Waals surface area contributed by atoms with E-state index in [-0.39, 0.29) is 0 Å². The van der Waals surface area contributed by atoms with Gasteiger partial charge in [-0.1, -0.05) is 15.9 Å². The molecule has 5 heteroatoms. The fraction of sp³-hybridized carbons (Fsp3) is 0.438. The number of hydrogen-bond donors (Lipinski definition) is 1. The summed E-state index contributed by atoms with van der Waals surface area (Å²) in [5.74, 6) is 0.875. The summed E-state index contributed by atoms with van der Waals surface area (Å²) < 4.78 is 8.61. The Morgan fingerprint density at radius 3 is 2.67 bits per heavy atom. The molecule has 0 fully saturated rings. The SMILES string of the molecule is CCOCCCn1ccnc1Nc1c(C)cc(Br)cc1C. The molecule has 0 aliphatic carbocycles. The van der Waals surface area contributed by atoms with E-state index in [1.54, 1.807) is 0 Å². The molecule has 2 aromatic rings. The molecule has 0 aliphatic heterocycles. The Kier molecular flexibility index (Phi) is 5.82. The summed E-state index contributed by atoms with van der Waals surface area (Å²) in [7, 11) is 0. The molecule has 0 aliphatic rings. The van der Waals surface area contributed by atoms with Crippen molar-refractivity contribution in [2.45, 2.75) is 33.7 Å². The minimum Gasteiger partial charge on any atom is -0.382 e. The first-order chi connectivity index (χ1) is 10.1. The molecule has 21 heavy (non-hydrogen) atoms. The maximum atomic E-state index is 5.38. The zero-order chi connectivity index (χ0) is 15.2. The van der Waals surface area contributed by atoms with E-state index in [1.165, 1.54) is 11.1 Å². The summed E-state index contributed by atoms with van der Waals surface area (Å²) >= 11 is 3.53. The van der Waals surface area contributed by atoms with Crippen molar-refractivity contribution in [2.75, 3.05) is 18.5 Å². The van der Waals surface area contributed by atoms with Gasteiger partial charge in [-0.2, -0.15) is 0 Å². The average Bonchev–Trinajstić information content (AvgIpc) is 2.86. The number of aromatic nitrogens is 2. The molecule has 1 heterocycles. The van der Waals surface area contributed by atoms with Crippen molar-refractivity contribution >= 4 is 27.6 Å². The van der Waals surface area contributed by atoms with Gasteiger partial charge in [0.25, 0.3) is 0 Å². The van der Waals surface area contributed by atoms with Crippen LogP contribution in [0.15, 0.2) is 29.0 Å². The van der Waals surface area contributed by atoms with Crippen molar-refractivity contribution < 1.29 is 4.74 Å². The highest BCUT2D eigenvalue weighted by Gasteiger charge is 2.08. The van der Waals surface area contributed by atoms with Crippen LogP contribution in [-0.4, -0.2) is 22.8 Å². The van der Waals surface area contributed by atoms with Crippen LogP contribution in [0.2, 0.25) is 0 Å². The van der Waals surface area contributed by atoms with Crippen molar-refractivity contribution in [3.05, 3.63) is 40.1 Å². The van der Waals surface area contributed by atoms with Crippen molar-refractivity contribution in [1.82, 2.24) is 9.55 Å². The number of aryl methyl sites for hydroxylation is 3. The lowest BCUT2D eigenvalue weighted by molar-refractivity contribution is 0.142. The molecule has 0 saturated heterocycles. The number of rotatable bonds is 7. The molecule has 0 amide bonds. The van der Waals surface area contributed by atoms with Crippen molar-refractivity contribution in [3.63, 3.8) is 0 Å². The van der Waals surface area contributed by atoms with Crippen LogP contribution < -0.4 is 5.32 Å². The number of benzene rings is 1. The molecule has 0 saturated carbocycles. The smallest absolute Gasteiger partial charge is 0.207 e. The fourth-order valence-corrected chi connectivity index (χ4v) is 3.00. The number of ether oxygens (including phenoxy) is 1. The largest absolute Gasteiger partial charge is 0.382 e. The van der Waals surface area contributed by atoms with Crippen LogP contribution in [0.5, 0.6) is 0 Å². The van der Waals surface area contributed by atoms with Crippen LogP contribution in [0.3, 0.4) is 0 Å². The molecule has 4 nitrogen and oxygen atoms in total. The van der Waals surface area contributed by atoms with Crippen LogP contribution in [-0.2, 0) is 11.3 Å². The van der Waals surface area contributed by atoms with Gasteiger partial charge in [0.05, 0.1) is 0 Å². The van der Waals surface area contributed by atoms with E-state index in [2.05, 4.69) is 56.8 Å². The van der Waals surface area contributed by atoms with Gasteiger partial charge in [0.2, 0.25) is 5.95 Å². The molecule has 2 rings (SSSR count). The number of imidazole rings is 1. The number of nitrogens with one attached hydrogen (secondary N) is 1. The van der Waals surface area contributed by atoms with Gasteiger partial charge in [-0.3, -0.25) is 0 Å². The molecule has 0 spiro atoms. The molecule has 1 N–H and O–H groups in total. The van der Waals surface area contributed by atoms with Gasteiger partial charge in [-0.15, -0.1) is 0 Å². The molecule has 1 aromatic carbocycles. The summed E-state index contributed by atoms with van der Waals surface area (Å²) in [5, 5.41) is 3.45. The maximum absolute atomic E-state index is 5.38. The minimum atomic E-state index is 0.770. The molecular weight excluding hydrogens is 330 g/mol. The van der Waals surface area contributed by atoms with Gasteiger partial charge in [-0.05, 0) is 50.5 Å². The number of nitrogens with zero attached hydrogens (tertiary/aromatic N) is 2. The summed E-state index contributed by atoms with van der Waals surface area (Å²) in [5.41, 5.74) is 3.52. The maximum Gasteiger partial charge on any atom is 0.207 e. The van der Waals surface area contributed by atoms with Gasteiger partial charge in [0.1, 0.15) is 0 Å². The molecule has 0 bridgehead atoms. The van der Waals surface area contributed by atoms with Gasteiger partial charge < -0.3 is 14.6 Å². The summed E-state index contributed by atoms with van der Waals surface area (Å²) in [6, 6.07) is 4.22. The highest BCUT2D eigenvalue weighted by Crippen LogP contribution is 2.27. The molecule has 0 radical (unpaired) electrons. The van der Waals surface area contributed by atoms with Gasteiger partial charge in [0, 0.05) is 42.3 Å². The van der Waals surface area contributed by atoms with E-state index in [0.717, 1.165) is 42.3 Å². The van der Waals surface area contributed by atoms with Crippen LogP contribution in [0, 0.1) is 13.8 Å². The van der Waals surface area contributed by atoms with E-state index in [9.17, 15) is 0 Å². The Hall–Kier alpha value is -1.33. The first kappa shape index (κ1) is 16.0. The Labute approximate surface area is 134 Å². The fourth-order valence-electron chi connectivity index (χ4n) is 2.31. The lowest BCUT2D eigenvalue weighted by atomic mass is 10.1. The average molecular weight is 352 g/mol. The topological polar surface area (TPSA) is 39.1 Å². The van der Waals surface area contributed by atoms with E-state index in [1.807, 2.05) is 19.3 Å². The lowest BCUT2D eigenvalue weighted by Gasteiger charge is -2.14. The first-order valence-electron chi connectivity index (χ1n) is 7.24. The van der Waals surface area contributed by atoms with Gasteiger partial charge >= 0.3 is 0 Å². The van der Waals surface area contributed by atoms with Gasteiger partial charge in [0.15, 0.2) is 0 Å². The summed E-state index contributed by atoms with van der Waals surface area (Å²) in [6.45, 7) is 8.67. The molecule has 0 unspecified atom stereocenters. The van der Waals surface area contributed by atoms with Gasteiger partial charge in [-0.25, -0.2) is 4.98 Å². The second-order valence-corrected chi connectivity index (χ2v) is 5.95. The zero-order valence-electron chi connectivity index (χ0n) is 12.8. The second-order valence-electron chi connectivity index (χ2n) is 5.03. The van der Waals surface area contributed by atoms with Crippen molar-refractivity contribution in [1.29, 1.82) is 0 Å². The van der Waals surface area contributed by atoms with Crippen molar-refractivity contribution in [3.8, 4) is 0 Å². The van der Waals surface area contributed by atoms with Crippen LogP contribution in [0.4, 0.5) is 11.6 Å². The Balaban J connectivity index is 2.09. The van der Waals surface area contributed by atoms with Crippen LogP contribution in [0.1, 0.15) is 24.5 Å². The zero-order valence-corrected chi connectivity index (χ0v) is 14.4. The molecule has 1 aromatic heterocycles. The Bertz CT molecular complexity index is 572. The number of halogens is 1. The monoisotopic (exact) mass is 351 g/mol. The van der Waals surface area contributed by atoms with Crippen LogP contribution >= 0.6 is 15.9 Å². The first-order valence-corrected chi connectivity index (χ1v) is 8.03. The van der Waals surface area contributed by atoms with Crippen LogP contribution in [0.25, 0.3) is 0 Å². The standard InChI is InChI=1S/C16H22BrN3O/c1-4-21-9-5-7-20-8-6-18-16(20)19-15-12(2)10-14(17)11-13(15)3/h6,8,10-11H,4-5,7,9H2,1-3H3,(H,18,19). The predicted octanol–water partition coefficient (Wildman–Crippen LogP) is 4.43. The third kappa shape index (κ3) is 4.32. The third-order valence-electron chi connectivity index (χ3n) is 3.34. The Morgan fingerprint density at radius 2 is 2.00 bits per heavy atom. The van der Waals surface area contributed by atoms with E-state index in [4.69, 9.17) is 4.74 Å².